The average Bonchev–Trinajstić information content (AvgIpc) is 2.81. The zero-order valence-corrected chi connectivity index (χ0v) is 20.8. The zero-order valence-electron chi connectivity index (χ0n) is 20.0. The molecule has 0 radical (unpaired) electrons. The van der Waals surface area contributed by atoms with Gasteiger partial charge >= 0.3 is 0 Å². The molecule has 1 saturated heterocycles. The first-order chi connectivity index (χ1) is 15.5. The van der Waals surface area contributed by atoms with Crippen LogP contribution in [-0.2, 0) is 6.42 Å². The molecule has 5 nitrogen and oxygen atoms in total. The van der Waals surface area contributed by atoms with Crippen LogP contribution in [0.3, 0.4) is 0 Å². The molecule has 0 aliphatic carbocycles. The lowest BCUT2D eigenvalue weighted by Gasteiger charge is -2.36. The van der Waals surface area contributed by atoms with E-state index >= 15 is 0 Å². The van der Waals surface area contributed by atoms with Gasteiger partial charge in [-0.3, -0.25) is 4.90 Å². The molecule has 2 aromatic rings. The number of nitrogens with one attached hydrogen (secondary N) is 1. The van der Waals surface area contributed by atoms with E-state index in [4.69, 9.17) is 21.1 Å². The molecule has 0 unspecified atom stereocenters. The number of hydrogen-bond acceptors (Lipinski definition) is 5. The number of anilines is 1. The van der Waals surface area contributed by atoms with E-state index in [1.807, 2.05) is 12.1 Å². The van der Waals surface area contributed by atoms with Crippen LogP contribution in [0.4, 0.5) is 5.69 Å². The van der Waals surface area contributed by atoms with Crippen LogP contribution in [0, 0.1) is 13.8 Å². The van der Waals surface area contributed by atoms with Crippen molar-refractivity contribution in [2.24, 2.45) is 0 Å². The van der Waals surface area contributed by atoms with Crippen LogP contribution < -0.4 is 19.7 Å². The van der Waals surface area contributed by atoms with E-state index in [1.165, 1.54) is 22.4 Å². The molecule has 1 aliphatic rings. The molecule has 2 aromatic carbocycles. The second-order valence-electron chi connectivity index (χ2n) is 8.43. The van der Waals surface area contributed by atoms with Crippen LogP contribution in [0.1, 0.15) is 30.0 Å². The molecule has 0 saturated carbocycles. The van der Waals surface area contributed by atoms with E-state index in [0.717, 1.165) is 76.8 Å². The number of rotatable bonds is 11. The van der Waals surface area contributed by atoms with Crippen LogP contribution in [0.15, 0.2) is 30.3 Å². The van der Waals surface area contributed by atoms with E-state index in [0.29, 0.717) is 5.02 Å². The fourth-order valence-corrected chi connectivity index (χ4v) is 4.38. The Hall–Kier alpha value is -1.95. The molecule has 176 valence electrons. The molecule has 32 heavy (non-hydrogen) atoms. The number of ether oxygens (including phenoxy) is 2. The molecule has 1 fully saturated rings. The van der Waals surface area contributed by atoms with Gasteiger partial charge in [-0.15, -0.1) is 0 Å². The molecule has 1 aliphatic heterocycles. The Morgan fingerprint density at radius 2 is 1.78 bits per heavy atom. The summed E-state index contributed by atoms with van der Waals surface area (Å²) in [5, 5.41) is 4.00. The predicted molar refractivity (Wildman–Crippen MR) is 135 cm³/mol. The highest BCUT2D eigenvalue weighted by molar-refractivity contribution is 6.32. The van der Waals surface area contributed by atoms with Gasteiger partial charge in [0.1, 0.15) is 11.5 Å². The summed E-state index contributed by atoms with van der Waals surface area (Å²) in [4.78, 5) is 4.97. The number of methoxy groups -OCH3 is 1. The second kappa shape index (κ2) is 12.3. The van der Waals surface area contributed by atoms with Gasteiger partial charge in [0.2, 0.25) is 0 Å². The van der Waals surface area contributed by atoms with Gasteiger partial charge in [-0.25, -0.2) is 0 Å². The van der Waals surface area contributed by atoms with Crippen molar-refractivity contribution in [3.05, 3.63) is 52.0 Å². The largest absolute Gasteiger partial charge is 0.495 e. The molecular formula is C26H38ClN3O2. The fourth-order valence-electron chi connectivity index (χ4n) is 4.19. The maximum Gasteiger partial charge on any atom is 0.139 e. The Morgan fingerprint density at radius 1 is 1.00 bits per heavy atom. The van der Waals surface area contributed by atoms with Crippen molar-refractivity contribution in [2.75, 3.05) is 64.4 Å². The highest BCUT2D eigenvalue weighted by atomic mass is 35.5. The van der Waals surface area contributed by atoms with Gasteiger partial charge in [0.05, 0.1) is 18.7 Å². The summed E-state index contributed by atoms with van der Waals surface area (Å²) in [5.41, 5.74) is 5.24. The van der Waals surface area contributed by atoms with Crippen LogP contribution >= 0.6 is 11.6 Å². The van der Waals surface area contributed by atoms with Gasteiger partial charge in [-0.2, -0.15) is 0 Å². The van der Waals surface area contributed by atoms with Gasteiger partial charge in [-0.05, 0) is 74.7 Å². The summed E-state index contributed by atoms with van der Waals surface area (Å²) in [6.45, 7) is 14.6. The Bertz CT molecular complexity index is 866. The molecular weight excluding hydrogens is 422 g/mol. The summed E-state index contributed by atoms with van der Waals surface area (Å²) in [6, 6.07) is 10.4. The van der Waals surface area contributed by atoms with Crippen molar-refractivity contribution in [3.63, 3.8) is 0 Å². The second-order valence-corrected chi connectivity index (χ2v) is 8.83. The van der Waals surface area contributed by atoms with E-state index < -0.39 is 0 Å². The first-order valence-electron chi connectivity index (χ1n) is 11.8. The molecule has 0 spiro atoms. The summed E-state index contributed by atoms with van der Waals surface area (Å²) >= 11 is 6.17. The SMILES string of the molecule is CCNCCCOc1ccc(CCN2CCN(c3ccc(Cl)c(OC)c3)CC2)c(C)c1C. The van der Waals surface area contributed by atoms with Crippen molar-refractivity contribution in [3.8, 4) is 11.5 Å². The van der Waals surface area contributed by atoms with Gasteiger partial charge in [0.15, 0.2) is 0 Å². The monoisotopic (exact) mass is 459 g/mol. The molecule has 1 N–H and O–H groups in total. The lowest BCUT2D eigenvalue weighted by molar-refractivity contribution is 0.260. The molecule has 1 heterocycles. The van der Waals surface area contributed by atoms with E-state index in [2.05, 4.69) is 54.1 Å². The number of benzene rings is 2. The fraction of sp³-hybridized carbons (Fsp3) is 0.538. The molecule has 0 amide bonds. The zero-order chi connectivity index (χ0) is 22.9. The summed E-state index contributed by atoms with van der Waals surface area (Å²) in [7, 11) is 1.66. The van der Waals surface area contributed by atoms with Crippen LogP contribution in [0.25, 0.3) is 0 Å². The van der Waals surface area contributed by atoms with Gasteiger partial charge in [0, 0.05) is 44.5 Å². The third-order valence-electron chi connectivity index (χ3n) is 6.42. The predicted octanol–water partition coefficient (Wildman–Crippen LogP) is 4.71. The third-order valence-corrected chi connectivity index (χ3v) is 6.74. The smallest absolute Gasteiger partial charge is 0.139 e. The Balaban J connectivity index is 1.47. The van der Waals surface area contributed by atoms with Crippen molar-refractivity contribution < 1.29 is 9.47 Å². The van der Waals surface area contributed by atoms with E-state index in [-0.39, 0.29) is 0 Å². The number of halogens is 1. The minimum absolute atomic E-state index is 0.658. The van der Waals surface area contributed by atoms with Gasteiger partial charge in [-0.1, -0.05) is 24.6 Å². The van der Waals surface area contributed by atoms with Crippen molar-refractivity contribution in [1.29, 1.82) is 0 Å². The lowest BCUT2D eigenvalue weighted by atomic mass is 9.99. The third kappa shape index (κ3) is 6.53. The summed E-state index contributed by atoms with van der Waals surface area (Å²) in [5.74, 6) is 1.76. The van der Waals surface area contributed by atoms with E-state index in [1.54, 1.807) is 7.11 Å². The lowest BCUT2D eigenvalue weighted by Crippen LogP contribution is -2.47. The standard InChI is InChI=1S/C26H38ClN3O2/c1-5-28-12-6-18-32-25-10-7-22(20(2)21(25)3)11-13-29-14-16-30(17-15-29)23-8-9-24(27)26(19-23)31-4/h7-10,19,28H,5-6,11-18H2,1-4H3. The van der Waals surface area contributed by atoms with E-state index in [9.17, 15) is 0 Å². The normalized spacial score (nSPS) is 14.6. The maximum atomic E-state index is 6.17. The highest BCUT2D eigenvalue weighted by Crippen LogP contribution is 2.30. The summed E-state index contributed by atoms with van der Waals surface area (Å²) < 4.78 is 11.4. The molecule has 6 heteroatoms. The van der Waals surface area contributed by atoms with Crippen molar-refractivity contribution >= 4 is 17.3 Å². The Morgan fingerprint density at radius 3 is 2.50 bits per heavy atom. The summed E-state index contributed by atoms with van der Waals surface area (Å²) in [6.07, 6.45) is 2.10. The van der Waals surface area contributed by atoms with Crippen LogP contribution in [0.2, 0.25) is 5.02 Å². The topological polar surface area (TPSA) is 37.0 Å². The molecule has 3 rings (SSSR count). The molecule has 0 atom stereocenters. The number of nitrogens with zero attached hydrogens (tertiary/aromatic N) is 2. The average molecular weight is 460 g/mol. The van der Waals surface area contributed by atoms with Gasteiger partial charge in [0.25, 0.3) is 0 Å². The molecule has 0 aromatic heterocycles. The molecule has 0 bridgehead atoms. The Labute approximate surface area is 198 Å². The quantitative estimate of drug-likeness (QED) is 0.492. The van der Waals surface area contributed by atoms with Crippen LogP contribution in [0.5, 0.6) is 11.5 Å². The van der Waals surface area contributed by atoms with Crippen LogP contribution in [-0.4, -0.2) is 64.4 Å². The first kappa shape index (κ1) is 24.7. The first-order valence-corrected chi connectivity index (χ1v) is 12.1. The minimum Gasteiger partial charge on any atom is -0.495 e. The highest BCUT2D eigenvalue weighted by Gasteiger charge is 2.18. The number of piperazine rings is 1. The van der Waals surface area contributed by atoms with Gasteiger partial charge < -0.3 is 19.7 Å². The van der Waals surface area contributed by atoms with Crippen molar-refractivity contribution in [2.45, 2.75) is 33.6 Å². The number of hydrogen-bond donors (Lipinski definition) is 1. The Kier molecular flexibility index (Phi) is 9.51. The van der Waals surface area contributed by atoms with Crippen molar-refractivity contribution in [1.82, 2.24) is 10.2 Å². The maximum absolute atomic E-state index is 6.17. The minimum atomic E-state index is 0.658.